The summed E-state index contributed by atoms with van der Waals surface area (Å²) in [6, 6.07) is 9.47. The average molecular weight is 382 g/mol. The van der Waals surface area contributed by atoms with Gasteiger partial charge in [-0.1, -0.05) is 41.4 Å². The number of hydrogen-bond acceptors (Lipinski definition) is 1. The maximum Gasteiger partial charge on any atom is 0.145 e. The molecule has 0 spiro atoms. The second-order valence-electron chi connectivity index (χ2n) is 4.61. The van der Waals surface area contributed by atoms with E-state index in [-0.39, 0.29) is 0 Å². The number of rotatable bonds is 2. The Bertz CT molecular complexity index is 833. The normalized spacial score (nSPS) is 11.6. The third kappa shape index (κ3) is 2.73. The molecule has 0 aliphatic heterocycles. The Morgan fingerprint density at radius 1 is 1.10 bits per heavy atom. The van der Waals surface area contributed by atoms with Gasteiger partial charge in [-0.25, -0.2) is 4.98 Å². The van der Waals surface area contributed by atoms with Gasteiger partial charge in [-0.05, 0) is 47.1 Å². The highest BCUT2D eigenvalue weighted by molar-refractivity contribution is 9.10. The largest absolute Gasteiger partial charge is 0.293 e. The van der Waals surface area contributed by atoms with Crippen molar-refractivity contribution >= 4 is 56.9 Å². The number of aromatic nitrogens is 2. The summed E-state index contributed by atoms with van der Waals surface area (Å²) in [5, 5.41) is 1.26. The molecule has 0 saturated heterocycles. The summed E-state index contributed by atoms with van der Waals surface area (Å²) in [7, 11) is 0. The van der Waals surface area contributed by atoms with Crippen LogP contribution in [-0.4, -0.2) is 9.38 Å². The molecular formula is C16H11BrCl2N2. The zero-order valence-electron chi connectivity index (χ0n) is 11.1. The van der Waals surface area contributed by atoms with Gasteiger partial charge in [0.25, 0.3) is 0 Å². The Labute approximate surface area is 141 Å². The zero-order chi connectivity index (χ0) is 15.0. The molecule has 106 valence electrons. The van der Waals surface area contributed by atoms with Gasteiger partial charge in [-0.3, -0.25) is 4.40 Å². The first-order chi connectivity index (χ1) is 10.1. The standard InChI is InChI=1S/C16H11BrCl2N2/c1-10-15(17)21-9-3-4-11(16(21)20-10)7-8-12-13(18)5-2-6-14(12)19/h2-9H,1H3. The van der Waals surface area contributed by atoms with Crippen molar-refractivity contribution in [1.82, 2.24) is 9.38 Å². The van der Waals surface area contributed by atoms with E-state index in [4.69, 9.17) is 23.2 Å². The van der Waals surface area contributed by atoms with Crippen molar-refractivity contribution < 1.29 is 0 Å². The van der Waals surface area contributed by atoms with E-state index in [1.54, 1.807) is 0 Å². The van der Waals surface area contributed by atoms with Crippen molar-refractivity contribution in [3.8, 4) is 0 Å². The first-order valence-corrected chi connectivity index (χ1v) is 7.88. The van der Waals surface area contributed by atoms with Crippen LogP contribution in [0.2, 0.25) is 10.0 Å². The summed E-state index contributed by atoms with van der Waals surface area (Å²) >= 11 is 15.9. The summed E-state index contributed by atoms with van der Waals surface area (Å²) in [5.41, 5.74) is 3.65. The molecule has 2 heterocycles. The summed E-state index contributed by atoms with van der Waals surface area (Å²) in [5.74, 6) is 0. The molecule has 0 N–H and O–H groups in total. The molecule has 0 radical (unpaired) electrons. The predicted octanol–water partition coefficient (Wildman–Crippen LogP) is 5.88. The van der Waals surface area contributed by atoms with E-state index in [0.717, 1.165) is 27.1 Å². The summed E-state index contributed by atoms with van der Waals surface area (Å²) in [6.07, 6.45) is 5.86. The molecule has 3 rings (SSSR count). The van der Waals surface area contributed by atoms with Gasteiger partial charge in [0.1, 0.15) is 10.3 Å². The molecule has 0 aliphatic carbocycles. The lowest BCUT2D eigenvalue weighted by atomic mass is 10.1. The number of hydrogen-bond donors (Lipinski definition) is 0. The highest BCUT2D eigenvalue weighted by Gasteiger charge is 2.08. The molecule has 2 aromatic heterocycles. The predicted molar refractivity (Wildman–Crippen MR) is 93.0 cm³/mol. The van der Waals surface area contributed by atoms with Gasteiger partial charge < -0.3 is 0 Å². The molecule has 0 fully saturated rings. The number of aryl methyl sites for hydroxylation is 1. The third-order valence-corrected chi connectivity index (χ3v) is 4.83. The molecule has 1 aromatic carbocycles. The molecule has 5 heteroatoms. The summed E-state index contributed by atoms with van der Waals surface area (Å²) < 4.78 is 2.96. The van der Waals surface area contributed by atoms with Crippen LogP contribution in [0.5, 0.6) is 0 Å². The second kappa shape index (κ2) is 5.84. The number of benzene rings is 1. The van der Waals surface area contributed by atoms with Crippen LogP contribution in [-0.2, 0) is 0 Å². The lowest BCUT2D eigenvalue weighted by Gasteiger charge is -2.02. The van der Waals surface area contributed by atoms with Gasteiger partial charge in [0.05, 0.1) is 5.69 Å². The van der Waals surface area contributed by atoms with E-state index in [0.29, 0.717) is 10.0 Å². The maximum atomic E-state index is 6.18. The fraction of sp³-hybridized carbons (Fsp3) is 0.0625. The molecule has 0 saturated carbocycles. The van der Waals surface area contributed by atoms with Crippen LogP contribution in [0.25, 0.3) is 17.8 Å². The second-order valence-corrected chi connectivity index (χ2v) is 6.18. The SMILES string of the molecule is Cc1nc2c(C=Cc3c(Cl)cccc3Cl)cccn2c1Br. The summed E-state index contributed by atoms with van der Waals surface area (Å²) in [4.78, 5) is 4.57. The minimum atomic E-state index is 0.631. The number of fused-ring (bicyclic) bond motifs is 1. The van der Waals surface area contributed by atoms with Crippen molar-refractivity contribution in [1.29, 1.82) is 0 Å². The van der Waals surface area contributed by atoms with E-state index < -0.39 is 0 Å². The van der Waals surface area contributed by atoms with E-state index in [2.05, 4.69) is 20.9 Å². The Morgan fingerprint density at radius 2 is 1.81 bits per heavy atom. The van der Waals surface area contributed by atoms with Crippen LogP contribution in [0.1, 0.15) is 16.8 Å². The number of halogens is 3. The minimum Gasteiger partial charge on any atom is -0.293 e. The van der Waals surface area contributed by atoms with Crippen LogP contribution in [0.4, 0.5) is 0 Å². The van der Waals surface area contributed by atoms with Crippen molar-refractivity contribution in [3.63, 3.8) is 0 Å². The Kier molecular flexibility index (Phi) is 4.07. The quantitative estimate of drug-likeness (QED) is 0.541. The average Bonchev–Trinajstić information content (AvgIpc) is 2.75. The molecule has 0 amide bonds. The molecular weight excluding hydrogens is 371 g/mol. The van der Waals surface area contributed by atoms with Crippen LogP contribution >= 0.6 is 39.1 Å². The van der Waals surface area contributed by atoms with Crippen LogP contribution in [0.3, 0.4) is 0 Å². The van der Waals surface area contributed by atoms with Crippen molar-refractivity contribution in [2.45, 2.75) is 6.92 Å². The van der Waals surface area contributed by atoms with Gasteiger partial charge in [-0.15, -0.1) is 0 Å². The molecule has 2 nitrogen and oxygen atoms in total. The van der Waals surface area contributed by atoms with Gasteiger partial charge >= 0.3 is 0 Å². The fourth-order valence-corrected chi connectivity index (χ4v) is 3.04. The molecule has 3 aromatic rings. The minimum absolute atomic E-state index is 0.631. The van der Waals surface area contributed by atoms with E-state index in [1.807, 2.05) is 60.0 Å². The lowest BCUT2D eigenvalue weighted by Crippen LogP contribution is -1.87. The van der Waals surface area contributed by atoms with Crippen LogP contribution in [0, 0.1) is 6.92 Å². The Hall–Kier alpha value is -1.29. The number of imidazole rings is 1. The molecule has 21 heavy (non-hydrogen) atoms. The lowest BCUT2D eigenvalue weighted by molar-refractivity contribution is 1.14. The number of nitrogens with zero attached hydrogens (tertiary/aromatic N) is 2. The highest BCUT2D eigenvalue weighted by Crippen LogP contribution is 2.27. The van der Waals surface area contributed by atoms with Crippen molar-refractivity contribution in [3.05, 3.63) is 68.0 Å². The Balaban J connectivity index is 2.10. The fourth-order valence-electron chi connectivity index (χ4n) is 2.15. The molecule has 0 aliphatic rings. The van der Waals surface area contributed by atoms with Gasteiger partial charge in [0.2, 0.25) is 0 Å². The zero-order valence-corrected chi connectivity index (χ0v) is 14.2. The van der Waals surface area contributed by atoms with Gasteiger partial charge in [-0.2, -0.15) is 0 Å². The molecule has 0 unspecified atom stereocenters. The van der Waals surface area contributed by atoms with E-state index in [9.17, 15) is 0 Å². The topological polar surface area (TPSA) is 17.3 Å². The van der Waals surface area contributed by atoms with Gasteiger partial charge in [0, 0.05) is 27.4 Å². The maximum absolute atomic E-state index is 6.18. The first-order valence-electron chi connectivity index (χ1n) is 6.33. The van der Waals surface area contributed by atoms with Crippen LogP contribution in [0.15, 0.2) is 41.1 Å². The number of pyridine rings is 1. The van der Waals surface area contributed by atoms with Crippen LogP contribution < -0.4 is 0 Å². The summed E-state index contributed by atoms with van der Waals surface area (Å²) in [6.45, 7) is 1.97. The van der Waals surface area contributed by atoms with Crippen molar-refractivity contribution in [2.24, 2.45) is 0 Å². The van der Waals surface area contributed by atoms with E-state index in [1.165, 1.54) is 0 Å². The monoisotopic (exact) mass is 380 g/mol. The third-order valence-electron chi connectivity index (χ3n) is 3.21. The molecule has 0 atom stereocenters. The smallest absolute Gasteiger partial charge is 0.145 e. The van der Waals surface area contributed by atoms with E-state index >= 15 is 0 Å². The van der Waals surface area contributed by atoms with Gasteiger partial charge in [0.15, 0.2) is 0 Å². The first kappa shape index (κ1) is 14.6. The molecule has 0 bridgehead atoms. The highest BCUT2D eigenvalue weighted by atomic mass is 79.9. The Morgan fingerprint density at radius 3 is 2.52 bits per heavy atom. The van der Waals surface area contributed by atoms with Crippen molar-refractivity contribution in [2.75, 3.05) is 0 Å².